The van der Waals surface area contributed by atoms with Crippen LogP contribution in [0.2, 0.25) is 0 Å². The number of rotatable bonds is 7. The summed E-state index contributed by atoms with van der Waals surface area (Å²) in [6.45, 7) is 3.69. The number of benzene rings is 2. The van der Waals surface area contributed by atoms with Gasteiger partial charge in [-0.3, -0.25) is 9.59 Å². The minimum absolute atomic E-state index is 0.228. The van der Waals surface area contributed by atoms with Gasteiger partial charge in [0, 0.05) is 12.0 Å². The van der Waals surface area contributed by atoms with Crippen molar-refractivity contribution in [3.63, 3.8) is 0 Å². The fraction of sp³-hybridized carbons (Fsp3) is 0.286. The molecule has 27 heavy (non-hydrogen) atoms. The molecule has 1 atom stereocenters. The summed E-state index contributed by atoms with van der Waals surface area (Å²) in [4.78, 5) is 36.4. The molecule has 2 rings (SSSR count). The number of esters is 1. The highest BCUT2D eigenvalue weighted by Gasteiger charge is 2.23. The zero-order valence-electron chi connectivity index (χ0n) is 15.7. The Morgan fingerprint density at radius 3 is 2.19 bits per heavy atom. The Morgan fingerprint density at radius 1 is 0.963 bits per heavy atom. The lowest BCUT2D eigenvalue weighted by atomic mass is 9.96. The van der Waals surface area contributed by atoms with Crippen LogP contribution in [0.25, 0.3) is 0 Å². The van der Waals surface area contributed by atoms with Crippen molar-refractivity contribution in [1.82, 2.24) is 10.6 Å². The van der Waals surface area contributed by atoms with Crippen molar-refractivity contribution in [3.8, 4) is 0 Å². The zero-order valence-corrected chi connectivity index (χ0v) is 15.7. The van der Waals surface area contributed by atoms with Gasteiger partial charge >= 0.3 is 5.97 Å². The lowest BCUT2D eigenvalue weighted by Crippen LogP contribution is -2.47. The van der Waals surface area contributed by atoms with Gasteiger partial charge in [-0.2, -0.15) is 0 Å². The highest BCUT2D eigenvalue weighted by atomic mass is 16.5. The summed E-state index contributed by atoms with van der Waals surface area (Å²) < 4.78 is 4.82. The van der Waals surface area contributed by atoms with Crippen LogP contribution < -0.4 is 10.6 Å². The molecular formula is C21H24N2O4. The second-order valence-corrected chi connectivity index (χ2v) is 6.27. The van der Waals surface area contributed by atoms with E-state index in [0.717, 1.165) is 16.7 Å². The number of hydrogen-bond donors (Lipinski definition) is 2. The van der Waals surface area contributed by atoms with Crippen molar-refractivity contribution in [2.24, 2.45) is 0 Å². The highest BCUT2D eigenvalue weighted by Crippen LogP contribution is 2.16. The van der Waals surface area contributed by atoms with E-state index in [1.807, 2.05) is 32.0 Å². The molecule has 0 aliphatic carbocycles. The molecule has 0 unspecified atom stereocenters. The predicted octanol–water partition coefficient (Wildman–Crippen LogP) is 1.93. The Balaban J connectivity index is 2.00. The SMILES string of the molecule is COC(=O)[C@H](Cc1c(C)cccc1C)NC(=O)CNC(=O)c1ccccc1. The Bertz CT molecular complexity index is 798. The van der Waals surface area contributed by atoms with Crippen LogP contribution in [0.3, 0.4) is 0 Å². The highest BCUT2D eigenvalue weighted by molar-refractivity contribution is 5.96. The van der Waals surface area contributed by atoms with Gasteiger partial charge in [-0.1, -0.05) is 36.4 Å². The first-order chi connectivity index (χ1) is 12.9. The molecule has 0 saturated carbocycles. The minimum Gasteiger partial charge on any atom is -0.467 e. The van der Waals surface area contributed by atoms with Gasteiger partial charge in [-0.15, -0.1) is 0 Å². The van der Waals surface area contributed by atoms with Gasteiger partial charge in [0.15, 0.2) is 0 Å². The Labute approximate surface area is 158 Å². The van der Waals surface area contributed by atoms with Crippen LogP contribution >= 0.6 is 0 Å². The Kier molecular flexibility index (Phi) is 7.11. The first-order valence-electron chi connectivity index (χ1n) is 8.68. The third-order valence-electron chi connectivity index (χ3n) is 4.32. The molecule has 6 heteroatoms. The van der Waals surface area contributed by atoms with Crippen LogP contribution in [0, 0.1) is 13.8 Å². The molecule has 2 amide bonds. The van der Waals surface area contributed by atoms with Crippen LogP contribution in [0.5, 0.6) is 0 Å². The van der Waals surface area contributed by atoms with E-state index < -0.39 is 17.9 Å². The number of hydrogen-bond acceptors (Lipinski definition) is 4. The van der Waals surface area contributed by atoms with Crippen LogP contribution in [-0.2, 0) is 20.7 Å². The average molecular weight is 368 g/mol. The molecule has 0 bridgehead atoms. The number of methoxy groups -OCH3 is 1. The van der Waals surface area contributed by atoms with Crippen molar-refractivity contribution in [3.05, 3.63) is 70.8 Å². The van der Waals surface area contributed by atoms with E-state index in [-0.39, 0.29) is 12.5 Å². The molecule has 0 heterocycles. The summed E-state index contributed by atoms with van der Waals surface area (Å²) >= 11 is 0. The van der Waals surface area contributed by atoms with Crippen LogP contribution in [0.1, 0.15) is 27.0 Å². The Hall–Kier alpha value is -3.15. The smallest absolute Gasteiger partial charge is 0.328 e. The maximum atomic E-state index is 12.2. The standard InChI is InChI=1S/C21H24N2O4/c1-14-8-7-9-15(2)17(14)12-18(21(26)27-3)23-19(24)13-22-20(25)16-10-5-4-6-11-16/h4-11,18H,12-13H2,1-3H3,(H,22,25)(H,23,24)/t18-/m0/s1. The van der Waals surface area contributed by atoms with E-state index in [1.54, 1.807) is 30.3 Å². The van der Waals surface area contributed by atoms with Gasteiger partial charge in [0.2, 0.25) is 5.91 Å². The molecule has 0 radical (unpaired) electrons. The van der Waals surface area contributed by atoms with E-state index in [1.165, 1.54) is 7.11 Å². The molecular weight excluding hydrogens is 344 g/mol. The maximum absolute atomic E-state index is 12.2. The number of aryl methyl sites for hydroxylation is 2. The molecule has 6 nitrogen and oxygen atoms in total. The van der Waals surface area contributed by atoms with E-state index >= 15 is 0 Å². The van der Waals surface area contributed by atoms with Crippen molar-refractivity contribution < 1.29 is 19.1 Å². The largest absolute Gasteiger partial charge is 0.467 e. The van der Waals surface area contributed by atoms with Gasteiger partial charge in [0.05, 0.1) is 13.7 Å². The second-order valence-electron chi connectivity index (χ2n) is 6.27. The molecule has 0 spiro atoms. The second kappa shape index (κ2) is 9.52. The summed E-state index contributed by atoms with van der Waals surface area (Å²) in [5.41, 5.74) is 3.53. The van der Waals surface area contributed by atoms with Gasteiger partial charge < -0.3 is 15.4 Å². The maximum Gasteiger partial charge on any atom is 0.328 e. The molecule has 142 valence electrons. The summed E-state index contributed by atoms with van der Waals surface area (Å²) in [6.07, 6.45) is 0.323. The van der Waals surface area contributed by atoms with E-state index in [0.29, 0.717) is 12.0 Å². The summed E-state index contributed by atoms with van der Waals surface area (Å²) in [6, 6.07) is 13.6. The number of carbonyl (C=O) groups excluding carboxylic acids is 3. The van der Waals surface area contributed by atoms with E-state index in [2.05, 4.69) is 10.6 Å². The molecule has 0 fully saturated rings. The van der Waals surface area contributed by atoms with Crippen molar-refractivity contribution in [1.29, 1.82) is 0 Å². The number of nitrogens with one attached hydrogen (secondary N) is 2. The lowest BCUT2D eigenvalue weighted by Gasteiger charge is -2.19. The summed E-state index contributed by atoms with van der Waals surface area (Å²) in [5, 5.41) is 5.19. The van der Waals surface area contributed by atoms with Gasteiger partial charge in [0.1, 0.15) is 6.04 Å². The number of carbonyl (C=O) groups is 3. The van der Waals surface area contributed by atoms with E-state index in [9.17, 15) is 14.4 Å². The first kappa shape index (κ1) is 20.2. The van der Waals surface area contributed by atoms with E-state index in [4.69, 9.17) is 4.74 Å². The third kappa shape index (κ3) is 5.67. The fourth-order valence-corrected chi connectivity index (χ4v) is 2.81. The van der Waals surface area contributed by atoms with Crippen molar-refractivity contribution in [2.45, 2.75) is 26.3 Å². The predicted molar refractivity (Wildman–Crippen MR) is 102 cm³/mol. The normalized spacial score (nSPS) is 11.4. The van der Waals surface area contributed by atoms with Crippen molar-refractivity contribution >= 4 is 17.8 Å². The Morgan fingerprint density at radius 2 is 1.59 bits per heavy atom. The van der Waals surface area contributed by atoms with Crippen LogP contribution in [0.15, 0.2) is 48.5 Å². The number of ether oxygens (including phenoxy) is 1. The fourth-order valence-electron chi connectivity index (χ4n) is 2.81. The van der Waals surface area contributed by atoms with Gasteiger partial charge in [-0.05, 0) is 42.7 Å². The van der Waals surface area contributed by atoms with Crippen LogP contribution in [-0.4, -0.2) is 37.5 Å². The summed E-state index contributed by atoms with van der Waals surface area (Å²) in [7, 11) is 1.28. The quantitative estimate of drug-likeness (QED) is 0.732. The molecule has 2 N–H and O–H groups in total. The van der Waals surface area contributed by atoms with Gasteiger partial charge in [-0.25, -0.2) is 4.79 Å². The molecule has 0 aliphatic heterocycles. The monoisotopic (exact) mass is 368 g/mol. The molecule has 0 aromatic heterocycles. The molecule has 0 saturated heterocycles. The third-order valence-corrected chi connectivity index (χ3v) is 4.32. The molecule has 2 aromatic rings. The zero-order chi connectivity index (χ0) is 19.8. The lowest BCUT2D eigenvalue weighted by molar-refractivity contribution is -0.144. The summed E-state index contributed by atoms with van der Waals surface area (Å²) in [5.74, 6) is -1.34. The first-order valence-corrected chi connectivity index (χ1v) is 8.68. The minimum atomic E-state index is -0.823. The molecule has 0 aliphatic rings. The molecule has 2 aromatic carbocycles. The number of amides is 2. The average Bonchev–Trinajstić information content (AvgIpc) is 2.68. The topological polar surface area (TPSA) is 84.5 Å². The van der Waals surface area contributed by atoms with Crippen LogP contribution in [0.4, 0.5) is 0 Å². The van der Waals surface area contributed by atoms with Gasteiger partial charge in [0.25, 0.3) is 5.91 Å². The van der Waals surface area contributed by atoms with Crippen molar-refractivity contribution in [2.75, 3.05) is 13.7 Å².